The second-order valence-corrected chi connectivity index (χ2v) is 8.21. The lowest BCUT2D eigenvalue weighted by molar-refractivity contribution is -0.115. The maximum Gasteiger partial charge on any atom is 0.230 e. The molecule has 0 bridgehead atoms. The summed E-state index contributed by atoms with van der Waals surface area (Å²) in [6.45, 7) is 0. The van der Waals surface area contributed by atoms with Crippen LogP contribution in [0.5, 0.6) is 11.5 Å². The molecule has 4 aromatic rings. The zero-order valence-corrected chi connectivity index (χ0v) is 19.9. The Morgan fingerprint density at radius 1 is 1.09 bits per heavy atom. The van der Waals surface area contributed by atoms with Crippen molar-refractivity contribution in [3.63, 3.8) is 0 Å². The maximum absolute atomic E-state index is 13.8. The van der Waals surface area contributed by atoms with Gasteiger partial charge in [0, 0.05) is 23.1 Å². The molecule has 1 aromatic heterocycles. The van der Waals surface area contributed by atoms with Crippen molar-refractivity contribution >= 4 is 52.6 Å². The third kappa shape index (κ3) is 6.44. The lowest BCUT2D eigenvalue weighted by Gasteiger charge is -2.07. The number of carbonyl (C=O) groups is 1. The van der Waals surface area contributed by atoms with Gasteiger partial charge >= 0.3 is 0 Å². The predicted molar refractivity (Wildman–Crippen MR) is 132 cm³/mol. The Morgan fingerprint density at radius 3 is 2.52 bits per heavy atom. The van der Waals surface area contributed by atoms with E-state index in [0.29, 0.717) is 5.02 Å². The Morgan fingerprint density at radius 2 is 1.79 bits per heavy atom. The van der Waals surface area contributed by atoms with Crippen LogP contribution in [0.25, 0.3) is 0 Å². The summed E-state index contributed by atoms with van der Waals surface area (Å²) in [4.78, 5) is 17.8. The molecular formula is C24H20Cl2FN3O2S. The van der Waals surface area contributed by atoms with Gasteiger partial charge in [-0.15, -0.1) is 23.7 Å². The number of hydrogen-bond donors (Lipinski definition) is 1. The highest BCUT2D eigenvalue weighted by atomic mass is 35.5. The van der Waals surface area contributed by atoms with E-state index in [0.717, 1.165) is 27.7 Å². The summed E-state index contributed by atoms with van der Waals surface area (Å²) in [5.41, 5.74) is 1.58. The standard InChI is InChI=1S/C24H19ClFN3O2S.ClH/c1-29-18(14-23(30)28-22-13-16(25)7-12-21(22)26)15-32-24(29)27-17-8-10-20(11-9-17)31-19-5-3-2-4-6-19;/h2-13,15H,14H2,1H3,(H,28,30);1H. The Balaban J connectivity index is 0.00000306. The molecular weight excluding hydrogens is 484 g/mol. The number of anilines is 1. The first-order chi connectivity index (χ1) is 15.5. The van der Waals surface area contributed by atoms with Gasteiger partial charge in [-0.25, -0.2) is 9.38 Å². The molecule has 1 amide bonds. The number of nitrogens with one attached hydrogen (secondary N) is 1. The van der Waals surface area contributed by atoms with Gasteiger partial charge in [-0.05, 0) is 54.6 Å². The average molecular weight is 504 g/mol. The Hall–Kier alpha value is -3.13. The second-order valence-electron chi connectivity index (χ2n) is 6.94. The van der Waals surface area contributed by atoms with Gasteiger partial charge in [0.2, 0.25) is 5.91 Å². The zero-order valence-electron chi connectivity index (χ0n) is 17.5. The molecule has 0 saturated heterocycles. The van der Waals surface area contributed by atoms with Crippen LogP contribution < -0.4 is 14.9 Å². The molecule has 0 fully saturated rings. The number of para-hydroxylation sites is 1. The highest BCUT2D eigenvalue weighted by Gasteiger charge is 2.11. The molecule has 1 heterocycles. The van der Waals surface area contributed by atoms with E-state index >= 15 is 0 Å². The van der Waals surface area contributed by atoms with Gasteiger partial charge in [0.1, 0.15) is 17.3 Å². The fourth-order valence-corrected chi connectivity index (χ4v) is 4.03. The number of nitrogens with zero attached hydrogens (tertiary/aromatic N) is 2. The van der Waals surface area contributed by atoms with Crippen LogP contribution in [0, 0.1) is 5.82 Å². The first-order valence-electron chi connectivity index (χ1n) is 9.74. The van der Waals surface area contributed by atoms with E-state index in [2.05, 4.69) is 10.3 Å². The van der Waals surface area contributed by atoms with Gasteiger partial charge in [0.15, 0.2) is 4.80 Å². The number of aromatic nitrogens is 1. The summed E-state index contributed by atoms with van der Waals surface area (Å²) in [6, 6.07) is 21.0. The zero-order chi connectivity index (χ0) is 22.5. The van der Waals surface area contributed by atoms with Gasteiger partial charge < -0.3 is 14.6 Å². The van der Waals surface area contributed by atoms with E-state index in [1.165, 1.54) is 29.5 Å². The van der Waals surface area contributed by atoms with Crippen LogP contribution in [0.3, 0.4) is 0 Å². The lowest BCUT2D eigenvalue weighted by atomic mass is 10.2. The molecule has 9 heteroatoms. The molecule has 1 N–H and O–H groups in total. The summed E-state index contributed by atoms with van der Waals surface area (Å²) >= 11 is 7.30. The van der Waals surface area contributed by atoms with Crippen molar-refractivity contribution in [1.29, 1.82) is 0 Å². The summed E-state index contributed by atoms with van der Waals surface area (Å²) in [7, 11) is 1.84. The molecule has 33 heavy (non-hydrogen) atoms. The second kappa shape index (κ2) is 11.1. The van der Waals surface area contributed by atoms with E-state index in [9.17, 15) is 9.18 Å². The number of halogens is 3. The minimum Gasteiger partial charge on any atom is -0.457 e. The molecule has 0 spiro atoms. The van der Waals surface area contributed by atoms with Crippen LogP contribution in [0.4, 0.5) is 15.8 Å². The number of carbonyl (C=O) groups excluding carboxylic acids is 1. The molecule has 0 aliphatic heterocycles. The molecule has 0 radical (unpaired) electrons. The van der Waals surface area contributed by atoms with Gasteiger partial charge in [-0.2, -0.15) is 0 Å². The number of hydrogen-bond acceptors (Lipinski definition) is 4. The maximum atomic E-state index is 13.8. The summed E-state index contributed by atoms with van der Waals surface area (Å²) < 4.78 is 21.5. The van der Waals surface area contributed by atoms with Crippen LogP contribution in [-0.2, 0) is 18.3 Å². The fraction of sp³-hybridized carbons (Fsp3) is 0.0833. The molecule has 4 rings (SSSR count). The van der Waals surface area contributed by atoms with Crippen molar-refractivity contribution in [3.8, 4) is 11.5 Å². The van der Waals surface area contributed by atoms with Gasteiger partial charge in [-0.1, -0.05) is 29.8 Å². The van der Waals surface area contributed by atoms with Gasteiger partial charge in [0.25, 0.3) is 0 Å². The molecule has 0 aliphatic carbocycles. The molecule has 0 atom stereocenters. The van der Waals surface area contributed by atoms with E-state index < -0.39 is 5.82 Å². The normalized spacial score (nSPS) is 11.1. The van der Waals surface area contributed by atoms with Crippen LogP contribution in [0.15, 0.2) is 83.2 Å². The smallest absolute Gasteiger partial charge is 0.230 e. The molecule has 0 saturated carbocycles. The molecule has 5 nitrogen and oxygen atoms in total. The average Bonchev–Trinajstić information content (AvgIpc) is 3.12. The van der Waals surface area contributed by atoms with E-state index in [1.807, 2.05) is 71.6 Å². The molecule has 170 valence electrons. The van der Waals surface area contributed by atoms with Crippen molar-refractivity contribution in [1.82, 2.24) is 4.57 Å². The number of rotatable bonds is 6. The number of benzene rings is 3. The van der Waals surface area contributed by atoms with Crippen LogP contribution in [0.1, 0.15) is 5.69 Å². The number of ether oxygens (including phenoxy) is 1. The highest BCUT2D eigenvalue weighted by molar-refractivity contribution is 7.07. The van der Waals surface area contributed by atoms with Crippen LogP contribution in [0.2, 0.25) is 5.02 Å². The summed E-state index contributed by atoms with van der Waals surface area (Å²) in [5.74, 6) is 0.611. The minimum absolute atomic E-state index is 0. The third-order valence-electron chi connectivity index (χ3n) is 4.60. The molecule has 3 aromatic carbocycles. The van der Waals surface area contributed by atoms with Crippen LogP contribution >= 0.6 is 35.3 Å². The lowest BCUT2D eigenvalue weighted by Crippen LogP contribution is -2.20. The van der Waals surface area contributed by atoms with Crippen LogP contribution in [-0.4, -0.2) is 10.5 Å². The topological polar surface area (TPSA) is 55.6 Å². The Kier molecular flexibility index (Phi) is 8.27. The largest absolute Gasteiger partial charge is 0.457 e. The predicted octanol–water partition coefficient (Wildman–Crippen LogP) is 6.51. The SMILES string of the molecule is Cl.Cn1c(CC(=O)Nc2cc(Cl)ccc2F)csc1=Nc1ccc(Oc2ccccc2)cc1. The van der Waals surface area contributed by atoms with Crippen molar-refractivity contribution in [2.45, 2.75) is 6.42 Å². The summed E-state index contributed by atoms with van der Waals surface area (Å²) in [6.07, 6.45) is 0.0817. The Labute approximate surface area is 205 Å². The van der Waals surface area contributed by atoms with Crippen molar-refractivity contribution in [2.75, 3.05) is 5.32 Å². The fourth-order valence-electron chi connectivity index (χ4n) is 2.94. The van der Waals surface area contributed by atoms with E-state index in [1.54, 1.807) is 0 Å². The minimum atomic E-state index is -0.534. The quantitative estimate of drug-likeness (QED) is 0.326. The van der Waals surface area contributed by atoms with Gasteiger partial charge in [0.05, 0.1) is 17.8 Å². The monoisotopic (exact) mass is 503 g/mol. The first-order valence-corrected chi connectivity index (χ1v) is 11.0. The number of thiazole rings is 1. The van der Waals surface area contributed by atoms with E-state index in [-0.39, 0.29) is 30.4 Å². The number of amides is 1. The van der Waals surface area contributed by atoms with E-state index in [4.69, 9.17) is 16.3 Å². The van der Waals surface area contributed by atoms with Crippen molar-refractivity contribution in [3.05, 3.63) is 99.5 Å². The van der Waals surface area contributed by atoms with Crippen molar-refractivity contribution < 1.29 is 13.9 Å². The molecule has 0 aliphatic rings. The third-order valence-corrected chi connectivity index (χ3v) is 5.80. The summed E-state index contributed by atoms with van der Waals surface area (Å²) in [5, 5.41) is 4.77. The highest BCUT2D eigenvalue weighted by Crippen LogP contribution is 2.24. The van der Waals surface area contributed by atoms with Crippen molar-refractivity contribution in [2.24, 2.45) is 12.0 Å². The van der Waals surface area contributed by atoms with Gasteiger partial charge in [-0.3, -0.25) is 4.79 Å². The molecule has 0 unspecified atom stereocenters. The first kappa shape index (κ1) is 24.5. The Bertz CT molecular complexity index is 1310.